The maximum absolute atomic E-state index is 12.4. The maximum Gasteiger partial charge on any atom is 0.230 e. The standard InChI is InChI=1S/C23H28N6O2S/c1-17-10-18(2)12-20(11-17)29-23(25-26-27-29)32-16-22(30)24-13-21-15-28(8-9-31-21)14-19-6-4-3-5-7-19/h3-7,10-12,21H,8-9,13-16H2,1-2H3,(H,24,30). The number of nitrogens with zero attached hydrogens (tertiary/aromatic N) is 5. The minimum absolute atomic E-state index is 0.0120. The molecule has 9 heteroatoms. The Balaban J connectivity index is 1.25. The Labute approximate surface area is 192 Å². The molecule has 0 saturated carbocycles. The van der Waals surface area contributed by atoms with Crippen LogP contribution >= 0.6 is 11.8 Å². The van der Waals surface area contributed by atoms with E-state index in [4.69, 9.17) is 4.74 Å². The largest absolute Gasteiger partial charge is 0.374 e. The van der Waals surface area contributed by atoms with Crippen LogP contribution in [0, 0.1) is 13.8 Å². The van der Waals surface area contributed by atoms with Crippen LogP contribution in [0.3, 0.4) is 0 Å². The first kappa shape index (κ1) is 22.4. The van der Waals surface area contributed by atoms with Crippen LogP contribution in [0.1, 0.15) is 16.7 Å². The molecule has 1 unspecified atom stereocenters. The number of aromatic nitrogens is 4. The van der Waals surface area contributed by atoms with Crippen LogP contribution in [0.25, 0.3) is 5.69 Å². The number of rotatable bonds is 8. The molecule has 4 rings (SSSR count). The number of carbonyl (C=O) groups is 1. The highest BCUT2D eigenvalue weighted by Crippen LogP contribution is 2.20. The average Bonchev–Trinajstić information content (AvgIpc) is 3.25. The Hall–Kier alpha value is -2.75. The summed E-state index contributed by atoms with van der Waals surface area (Å²) in [6.07, 6.45) is -0.0120. The lowest BCUT2D eigenvalue weighted by Crippen LogP contribution is -2.47. The molecule has 3 aromatic rings. The zero-order valence-corrected chi connectivity index (χ0v) is 19.2. The van der Waals surface area contributed by atoms with E-state index in [1.165, 1.54) is 17.3 Å². The highest BCUT2D eigenvalue weighted by atomic mass is 32.2. The molecule has 32 heavy (non-hydrogen) atoms. The number of nitrogens with one attached hydrogen (secondary N) is 1. The van der Waals surface area contributed by atoms with E-state index in [0.717, 1.165) is 36.4 Å². The van der Waals surface area contributed by atoms with Crippen LogP contribution in [0.4, 0.5) is 0 Å². The molecule has 1 aromatic heterocycles. The van der Waals surface area contributed by atoms with E-state index in [1.54, 1.807) is 4.68 Å². The number of ether oxygens (including phenoxy) is 1. The molecule has 0 spiro atoms. The van der Waals surface area contributed by atoms with Gasteiger partial charge in [0.15, 0.2) is 0 Å². The van der Waals surface area contributed by atoms with Gasteiger partial charge < -0.3 is 10.1 Å². The number of thioether (sulfide) groups is 1. The van der Waals surface area contributed by atoms with Crippen molar-refractivity contribution in [2.24, 2.45) is 0 Å². The predicted octanol–water partition coefficient (Wildman–Crippen LogP) is 2.39. The first-order valence-corrected chi connectivity index (χ1v) is 11.7. The van der Waals surface area contributed by atoms with Gasteiger partial charge in [-0.25, -0.2) is 0 Å². The molecule has 1 aliphatic heterocycles. The van der Waals surface area contributed by atoms with E-state index in [9.17, 15) is 4.79 Å². The number of amides is 1. The smallest absolute Gasteiger partial charge is 0.230 e. The third kappa shape index (κ3) is 6.15. The lowest BCUT2D eigenvalue weighted by molar-refractivity contribution is -0.119. The van der Waals surface area contributed by atoms with Crippen molar-refractivity contribution in [1.82, 2.24) is 30.4 Å². The zero-order valence-electron chi connectivity index (χ0n) is 18.4. The first-order chi connectivity index (χ1) is 15.6. The minimum atomic E-state index is -0.0613. The number of hydrogen-bond acceptors (Lipinski definition) is 7. The van der Waals surface area contributed by atoms with Crippen molar-refractivity contribution in [1.29, 1.82) is 0 Å². The van der Waals surface area contributed by atoms with Crippen molar-refractivity contribution in [3.8, 4) is 5.69 Å². The predicted molar refractivity (Wildman–Crippen MR) is 124 cm³/mol. The van der Waals surface area contributed by atoms with Crippen molar-refractivity contribution < 1.29 is 9.53 Å². The van der Waals surface area contributed by atoms with Crippen LogP contribution in [0.5, 0.6) is 0 Å². The summed E-state index contributed by atoms with van der Waals surface area (Å²) in [7, 11) is 0. The normalized spacial score (nSPS) is 16.8. The lowest BCUT2D eigenvalue weighted by Gasteiger charge is -2.33. The number of hydrogen-bond donors (Lipinski definition) is 1. The van der Waals surface area contributed by atoms with Crippen LogP contribution in [-0.4, -0.2) is 69.1 Å². The van der Waals surface area contributed by atoms with Crippen LogP contribution in [0.2, 0.25) is 0 Å². The fourth-order valence-electron chi connectivity index (χ4n) is 3.80. The summed E-state index contributed by atoms with van der Waals surface area (Å²) in [4.78, 5) is 14.8. The molecule has 0 bridgehead atoms. The molecule has 2 heterocycles. The summed E-state index contributed by atoms with van der Waals surface area (Å²) in [5, 5.41) is 15.5. The van der Waals surface area contributed by atoms with Gasteiger partial charge in [-0.1, -0.05) is 48.2 Å². The van der Waals surface area contributed by atoms with E-state index < -0.39 is 0 Å². The molecule has 0 aliphatic carbocycles. The highest BCUT2D eigenvalue weighted by Gasteiger charge is 2.21. The van der Waals surface area contributed by atoms with Gasteiger partial charge in [0, 0.05) is 26.2 Å². The summed E-state index contributed by atoms with van der Waals surface area (Å²) in [6, 6.07) is 16.6. The molecule has 2 aromatic carbocycles. The van der Waals surface area contributed by atoms with Gasteiger partial charge in [0.05, 0.1) is 24.2 Å². The van der Waals surface area contributed by atoms with Gasteiger partial charge in [-0.05, 0) is 53.1 Å². The molecule has 1 saturated heterocycles. The number of carbonyl (C=O) groups excluding carboxylic acids is 1. The monoisotopic (exact) mass is 452 g/mol. The van der Waals surface area contributed by atoms with Crippen LogP contribution < -0.4 is 5.32 Å². The third-order valence-electron chi connectivity index (χ3n) is 5.22. The van der Waals surface area contributed by atoms with E-state index in [2.05, 4.69) is 56.1 Å². The Morgan fingerprint density at radius 2 is 1.97 bits per heavy atom. The van der Waals surface area contributed by atoms with Gasteiger partial charge in [-0.2, -0.15) is 4.68 Å². The summed E-state index contributed by atoms with van der Waals surface area (Å²) >= 11 is 1.32. The van der Waals surface area contributed by atoms with Crippen LogP contribution in [0.15, 0.2) is 53.7 Å². The topological polar surface area (TPSA) is 85.2 Å². The van der Waals surface area contributed by atoms with Crippen molar-refractivity contribution in [3.05, 3.63) is 65.2 Å². The quantitative estimate of drug-likeness (QED) is 0.525. The van der Waals surface area contributed by atoms with Crippen molar-refractivity contribution in [2.75, 3.05) is 32.0 Å². The Kier molecular flexibility index (Phi) is 7.51. The molecule has 1 amide bonds. The van der Waals surface area contributed by atoms with E-state index >= 15 is 0 Å². The Morgan fingerprint density at radius 3 is 2.75 bits per heavy atom. The fraction of sp³-hybridized carbons (Fsp3) is 0.391. The SMILES string of the molecule is Cc1cc(C)cc(-n2nnnc2SCC(=O)NCC2CN(Cc3ccccc3)CCO2)c1. The first-order valence-electron chi connectivity index (χ1n) is 10.7. The van der Waals surface area contributed by atoms with Gasteiger partial charge in [0.1, 0.15) is 0 Å². The molecular weight excluding hydrogens is 424 g/mol. The van der Waals surface area contributed by atoms with Gasteiger partial charge in [0.25, 0.3) is 0 Å². The van der Waals surface area contributed by atoms with Crippen molar-refractivity contribution >= 4 is 17.7 Å². The second-order valence-electron chi connectivity index (χ2n) is 8.03. The van der Waals surface area contributed by atoms with Crippen LogP contribution in [-0.2, 0) is 16.1 Å². The second kappa shape index (κ2) is 10.7. The molecule has 1 fully saturated rings. The number of tetrazole rings is 1. The molecule has 1 N–H and O–H groups in total. The molecule has 0 radical (unpaired) electrons. The van der Waals surface area contributed by atoms with Gasteiger partial charge in [0.2, 0.25) is 11.1 Å². The molecule has 8 nitrogen and oxygen atoms in total. The summed E-state index contributed by atoms with van der Waals surface area (Å²) in [5.74, 6) is 0.180. The number of aryl methyl sites for hydroxylation is 2. The van der Waals surface area contributed by atoms with Gasteiger partial charge in [-0.15, -0.1) is 5.10 Å². The number of morpholine rings is 1. The fourth-order valence-corrected chi connectivity index (χ4v) is 4.52. The minimum Gasteiger partial charge on any atom is -0.374 e. The molecule has 1 aliphatic rings. The zero-order chi connectivity index (χ0) is 22.3. The van der Waals surface area contributed by atoms with E-state index in [1.807, 2.05) is 32.0 Å². The van der Waals surface area contributed by atoms with E-state index in [0.29, 0.717) is 18.3 Å². The highest BCUT2D eigenvalue weighted by molar-refractivity contribution is 7.99. The number of benzene rings is 2. The Bertz CT molecular complexity index is 1020. The lowest BCUT2D eigenvalue weighted by atomic mass is 10.1. The van der Waals surface area contributed by atoms with Crippen molar-refractivity contribution in [3.63, 3.8) is 0 Å². The second-order valence-corrected chi connectivity index (χ2v) is 8.97. The maximum atomic E-state index is 12.4. The average molecular weight is 453 g/mol. The molecule has 168 valence electrons. The molecular formula is C23H28N6O2S. The van der Waals surface area contributed by atoms with Gasteiger partial charge in [-0.3, -0.25) is 9.69 Å². The van der Waals surface area contributed by atoms with Crippen molar-refractivity contribution in [2.45, 2.75) is 31.7 Å². The Morgan fingerprint density at radius 1 is 1.19 bits per heavy atom. The van der Waals surface area contributed by atoms with E-state index in [-0.39, 0.29) is 17.8 Å². The third-order valence-corrected chi connectivity index (χ3v) is 6.14. The summed E-state index contributed by atoms with van der Waals surface area (Å²) in [5.41, 5.74) is 4.45. The summed E-state index contributed by atoms with van der Waals surface area (Å²) < 4.78 is 7.52. The summed E-state index contributed by atoms with van der Waals surface area (Å²) in [6.45, 7) is 7.83. The molecule has 1 atom stereocenters. The van der Waals surface area contributed by atoms with Gasteiger partial charge >= 0.3 is 0 Å².